The van der Waals surface area contributed by atoms with Crippen LogP contribution in [-0.4, -0.2) is 4.57 Å². The normalized spacial score (nSPS) is 16.0. The summed E-state index contributed by atoms with van der Waals surface area (Å²) in [5.41, 5.74) is 10.6. The Kier molecular flexibility index (Phi) is 5.04. The third kappa shape index (κ3) is 3.65. The molecular formula is C38H34N2O. The second-order valence-electron chi connectivity index (χ2n) is 13.0. The van der Waals surface area contributed by atoms with Crippen LogP contribution in [0.4, 0.5) is 11.4 Å². The van der Waals surface area contributed by atoms with Gasteiger partial charge >= 0.3 is 0 Å². The molecule has 2 heterocycles. The number of nitrogens with zero attached hydrogens (tertiary/aromatic N) is 1. The van der Waals surface area contributed by atoms with E-state index in [0.29, 0.717) is 0 Å². The van der Waals surface area contributed by atoms with Gasteiger partial charge in [-0.2, -0.15) is 0 Å². The zero-order valence-electron chi connectivity index (χ0n) is 24.1. The molecule has 0 saturated carbocycles. The monoisotopic (exact) mass is 534 g/mol. The Hall–Kier alpha value is -4.50. The smallest absolute Gasteiger partial charge is 0.158 e. The van der Waals surface area contributed by atoms with Gasteiger partial charge in [0.2, 0.25) is 0 Å². The Morgan fingerprint density at radius 2 is 1.29 bits per heavy atom. The highest BCUT2D eigenvalue weighted by Gasteiger charge is 2.37. The van der Waals surface area contributed by atoms with Crippen LogP contribution in [-0.2, 0) is 10.8 Å². The average Bonchev–Trinajstić information content (AvgIpc) is 3.51. The SMILES string of the molecule is CC1(C)CCC(C)(C)c2cc3c(cc21)oc1c(Nc2ccc4c5ccccc5n(-c5ccccc5)c4c2)cccc13. The standard InChI is InChI=1S/C38H34N2O/c1-37(2)19-20-38(3,4)31-23-35-29(22-30(31)37)28-14-10-15-32(36(28)41-35)39-24-17-18-27-26-13-8-9-16-33(26)40(34(27)21-24)25-11-6-5-7-12-25/h5-18,21-23,39H,19-20H2,1-4H3. The summed E-state index contributed by atoms with van der Waals surface area (Å²) >= 11 is 0. The van der Waals surface area contributed by atoms with Crippen molar-refractivity contribution in [3.8, 4) is 5.69 Å². The third-order valence-electron chi connectivity index (χ3n) is 9.44. The summed E-state index contributed by atoms with van der Waals surface area (Å²) < 4.78 is 9.00. The number of rotatable bonds is 3. The summed E-state index contributed by atoms with van der Waals surface area (Å²) in [4.78, 5) is 0. The Balaban J connectivity index is 1.29. The second kappa shape index (κ2) is 8.50. The highest BCUT2D eigenvalue weighted by atomic mass is 16.3. The molecule has 3 nitrogen and oxygen atoms in total. The summed E-state index contributed by atoms with van der Waals surface area (Å²) in [5, 5.41) is 8.58. The van der Waals surface area contributed by atoms with E-state index in [1.807, 2.05) is 0 Å². The van der Waals surface area contributed by atoms with E-state index in [1.165, 1.54) is 51.2 Å². The topological polar surface area (TPSA) is 30.1 Å². The largest absolute Gasteiger partial charge is 0.454 e. The van der Waals surface area contributed by atoms with Crippen LogP contribution in [0, 0.1) is 0 Å². The van der Waals surface area contributed by atoms with Gasteiger partial charge in [-0.3, -0.25) is 0 Å². The maximum atomic E-state index is 6.64. The number of nitrogens with one attached hydrogen (secondary N) is 1. The zero-order valence-corrected chi connectivity index (χ0v) is 24.1. The maximum Gasteiger partial charge on any atom is 0.158 e. The van der Waals surface area contributed by atoms with Gasteiger partial charge in [0.05, 0.1) is 16.7 Å². The molecule has 0 fully saturated rings. The fourth-order valence-electron chi connectivity index (χ4n) is 7.02. The predicted octanol–water partition coefficient (Wildman–Crippen LogP) is 10.8. The second-order valence-corrected chi connectivity index (χ2v) is 13.0. The van der Waals surface area contributed by atoms with Crippen molar-refractivity contribution in [2.45, 2.75) is 51.4 Å². The van der Waals surface area contributed by atoms with Crippen molar-refractivity contribution < 1.29 is 4.42 Å². The highest BCUT2D eigenvalue weighted by Crippen LogP contribution is 2.48. The first-order valence-electron chi connectivity index (χ1n) is 14.7. The summed E-state index contributed by atoms with van der Waals surface area (Å²) in [7, 11) is 0. The van der Waals surface area contributed by atoms with Crippen LogP contribution < -0.4 is 5.32 Å². The molecule has 1 aliphatic carbocycles. The van der Waals surface area contributed by atoms with Gasteiger partial charge in [0.1, 0.15) is 5.58 Å². The lowest BCUT2D eigenvalue weighted by Crippen LogP contribution is -2.33. The zero-order chi connectivity index (χ0) is 27.9. The van der Waals surface area contributed by atoms with Crippen LogP contribution in [0.1, 0.15) is 51.7 Å². The number of fused-ring (bicyclic) bond motifs is 7. The van der Waals surface area contributed by atoms with Crippen molar-refractivity contribution in [2.75, 3.05) is 5.32 Å². The molecule has 0 radical (unpaired) electrons. The molecule has 3 heteroatoms. The minimum absolute atomic E-state index is 0.145. The van der Waals surface area contributed by atoms with Crippen molar-refractivity contribution >= 4 is 55.1 Å². The predicted molar refractivity (Wildman–Crippen MR) is 173 cm³/mol. The van der Waals surface area contributed by atoms with E-state index >= 15 is 0 Å². The van der Waals surface area contributed by atoms with Gasteiger partial charge in [-0.15, -0.1) is 0 Å². The minimum Gasteiger partial charge on any atom is -0.454 e. The Morgan fingerprint density at radius 1 is 0.610 bits per heavy atom. The van der Waals surface area contributed by atoms with Gasteiger partial charge in [-0.25, -0.2) is 0 Å². The molecule has 0 bridgehead atoms. The molecule has 0 spiro atoms. The van der Waals surface area contributed by atoms with Crippen molar-refractivity contribution in [3.63, 3.8) is 0 Å². The number of anilines is 2. The fourth-order valence-corrected chi connectivity index (χ4v) is 7.02. The molecule has 1 N–H and O–H groups in total. The molecule has 41 heavy (non-hydrogen) atoms. The van der Waals surface area contributed by atoms with E-state index in [4.69, 9.17) is 4.42 Å². The van der Waals surface area contributed by atoms with Crippen molar-refractivity contribution in [1.82, 2.24) is 4.57 Å². The summed E-state index contributed by atoms with van der Waals surface area (Å²) in [6.07, 6.45) is 2.39. The molecule has 0 aliphatic heterocycles. The molecule has 202 valence electrons. The van der Waals surface area contributed by atoms with Crippen LogP contribution in [0.25, 0.3) is 49.4 Å². The van der Waals surface area contributed by atoms with E-state index in [0.717, 1.165) is 33.6 Å². The van der Waals surface area contributed by atoms with Crippen molar-refractivity contribution in [3.05, 3.63) is 114 Å². The highest BCUT2D eigenvalue weighted by molar-refractivity contribution is 6.12. The van der Waals surface area contributed by atoms with E-state index in [9.17, 15) is 0 Å². The molecule has 0 amide bonds. The number of benzene rings is 5. The fraction of sp³-hybridized carbons (Fsp3) is 0.211. The molecule has 0 unspecified atom stereocenters. The van der Waals surface area contributed by atoms with Crippen LogP contribution in [0.3, 0.4) is 0 Å². The maximum absolute atomic E-state index is 6.64. The Bertz CT molecular complexity index is 2130. The molecule has 7 aromatic rings. The number of hydrogen-bond donors (Lipinski definition) is 1. The lowest BCUT2D eigenvalue weighted by atomic mass is 9.63. The van der Waals surface area contributed by atoms with E-state index < -0.39 is 0 Å². The number of aromatic nitrogens is 1. The van der Waals surface area contributed by atoms with Gasteiger partial charge < -0.3 is 14.3 Å². The van der Waals surface area contributed by atoms with Crippen molar-refractivity contribution in [1.29, 1.82) is 0 Å². The van der Waals surface area contributed by atoms with Gasteiger partial charge in [-0.05, 0) is 83.3 Å². The van der Waals surface area contributed by atoms with Gasteiger partial charge in [0.25, 0.3) is 0 Å². The molecule has 2 aromatic heterocycles. The first kappa shape index (κ1) is 24.3. The average molecular weight is 535 g/mol. The van der Waals surface area contributed by atoms with E-state index in [-0.39, 0.29) is 10.8 Å². The molecule has 8 rings (SSSR count). The lowest BCUT2D eigenvalue weighted by Gasteiger charge is -2.41. The van der Waals surface area contributed by atoms with Crippen molar-refractivity contribution in [2.24, 2.45) is 0 Å². The van der Waals surface area contributed by atoms with Crippen LogP contribution in [0.2, 0.25) is 0 Å². The van der Waals surface area contributed by atoms with Crippen LogP contribution in [0.5, 0.6) is 0 Å². The molecule has 1 aliphatic rings. The van der Waals surface area contributed by atoms with Gasteiger partial charge in [0, 0.05) is 32.9 Å². The van der Waals surface area contributed by atoms with Crippen LogP contribution in [0.15, 0.2) is 108 Å². The number of hydrogen-bond acceptors (Lipinski definition) is 2. The first-order valence-corrected chi connectivity index (χ1v) is 14.7. The summed E-state index contributed by atoms with van der Waals surface area (Å²) in [5.74, 6) is 0. The molecular weight excluding hydrogens is 500 g/mol. The van der Waals surface area contributed by atoms with Crippen LogP contribution >= 0.6 is 0 Å². The van der Waals surface area contributed by atoms with Gasteiger partial charge in [-0.1, -0.05) is 82.3 Å². The number of para-hydroxylation sites is 3. The van der Waals surface area contributed by atoms with E-state index in [2.05, 4.69) is 141 Å². The van der Waals surface area contributed by atoms with E-state index in [1.54, 1.807) is 0 Å². The molecule has 0 atom stereocenters. The third-order valence-corrected chi connectivity index (χ3v) is 9.44. The molecule has 0 saturated heterocycles. The van der Waals surface area contributed by atoms with Gasteiger partial charge in [0.15, 0.2) is 5.58 Å². The molecule has 5 aromatic carbocycles. The number of furan rings is 1. The minimum atomic E-state index is 0.145. The summed E-state index contributed by atoms with van der Waals surface area (Å²) in [6, 6.07) is 37.1. The summed E-state index contributed by atoms with van der Waals surface area (Å²) in [6.45, 7) is 9.50. The Labute approximate surface area is 240 Å². The first-order chi connectivity index (χ1) is 19.8. The lowest BCUT2D eigenvalue weighted by molar-refractivity contribution is 0.332. The Morgan fingerprint density at radius 3 is 2.10 bits per heavy atom. The quantitative estimate of drug-likeness (QED) is 0.244.